The maximum atomic E-state index is 11.9. The largest absolute Gasteiger partial charge is 0.398 e. The Morgan fingerprint density at radius 1 is 1.53 bits per heavy atom. The van der Waals surface area contributed by atoms with Crippen LogP contribution >= 0.6 is 11.6 Å². The molecule has 1 rings (SSSR count). The van der Waals surface area contributed by atoms with E-state index < -0.39 is 22.0 Å². The second-order valence-electron chi connectivity index (χ2n) is 3.00. The van der Waals surface area contributed by atoms with Gasteiger partial charge in [0.1, 0.15) is 5.25 Å². The van der Waals surface area contributed by atoms with Crippen molar-refractivity contribution in [2.24, 2.45) is 5.73 Å². The van der Waals surface area contributed by atoms with Crippen LogP contribution in [0.3, 0.4) is 0 Å². The average Bonchev–Trinajstić information content (AvgIpc) is 2.15. The van der Waals surface area contributed by atoms with E-state index in [2.05, 4.69) is 0 Å². The minimum absolute atomic E-state index is 0.269. The van der Waals surface area contributed by atoms with Crippen molar-refractivity contribution in [2.45, 2.75) is 17.1 Å². The molecule has 0 saturated heterocycles. The molecule has 4 nitrogen and oxygen atoms in total. The van der Waals surface area contributed by atoms with Crippen LogP contribution in [0.25, 0.3) is 0 Å². The number of anilines is 1. The van der Waals surface area contributed by atoms with Crippen molar-refractivity contribution in [1.82, 2.24) is 0 Å². The molecule has 15 heavy (non-hydrogen) atoms. The van der Waals surface area contributed by atoms with Gasteiger partial charge in [-0.05, 0) is 19.1 Å². The maximum absolute atomic E-state index is 11.9. The summed E-state index contributed by atoms with van der Waals surface area (Å²) in [6.45, 7) is 1.47. The molecule has 1 aromatic carbocycles. The Morgan fingerprint density at radius 2 is 2.13 bits per heavy atom. The minimum Gasteiger partial charge on any atom is -0.398 e. The Kier molecular flexibility index (Phi) is 3.71. The van der Waals surface area contributed by atoms with Gasteiger partial charge in [0.15, 0.2) is 0 Å². The van der Waals surface area contributed by atoms with Gasteiger partial charge in [-0.15, -0.1) is 0 Å². The maximum Gasteiger partial charge on any atom is 0.233 e. The van der Waals surface area contributed by atoms with Crippen molar-refractivity contribution in [3.8, 4) is 0 Å². The van der Waals surface area contributed by atoms with Gasteiger partial charge in [0.2, 0.25) is 5.91 Å². The van der Waals surface area contributed by atoms with Crippen LogP contribution in [0.1, 0.15) is 6.92 Å². The Morgan fingerprint density at radius 3 is 2.60 bits per heavy atom. The molecule has 1 aromatic rings. The van der Waals surface area contributed by atoms with E-state index in [4.69, 9.17) is 23.1 Å². The molecule has 1 amide bonds. The predicted octanol–water partition coefficient (Wildman–Crippen LogP) is 0.904. The fraction of sp³-hybridized carbons (Fsp3) is 0.222. The van der Waals surface area contributed by atoms with E-state index in [1.165, 1.54) is 6.92 Å². The van der Waals surface area contributed by atoms with Crippen molar-refractivity contribution in [3.63, 3.8) is 0 Å². The van der Waals surface area contributed by atoms with Crippen molar-refractivity contribution < 1.29 is 9.00 Å². The third-order valence-electron chi connectivity index (χ3n) is 1.92. The first-order chi connectivity index (χ1) is 6.95. The molecule has 4 N–H and O–H groups in total. The van der Waals surface area contributed by atoms with Crippen LogP contribution < -0.4 is 11.5 Å². The predicted molar refractivity (Wildman–Crippen MR) is 60.9 cm³/mol. The van der Waals surface area contributed by atoms with Crippen molar-refractivity contribution in [1.29, 1.82) is 0 Å². The molecule has 6 heteroatoms. The number of amides is 1. The number of nitrogen functional groups attached to an aromatic ring is 1. The van der Waals surface area contributed by atoms with Crippen molar-refractivity contribution >= 4 is 34.0 Å². The molecule has 0 aliphatic heterocycles. The van der Waals surface area contributed by atoms with Crippen LogP contribution in [0.15, 0.2) is 23.1 Å². The first-order valence-corrected chi connectivity index (χ1v) is 5.78. The van der Waals surface area contributed by atoms with Gasteiger partial charge in [-0.1, -0.05) is 17.7 Å². The van der Waals surface area contributed by atoms with E-state index in [1.54, 1.807) is 18.2 Å². The molecule has 0 saturated carbocycles. The Hall–Kier alpha value is -1.07. The van der Waals surface area contributed by atoms with Crippen LogP contribution in [0.4, 0.5) is 5.69 Å². The lowest BCUT2D eigenvalue weighted by Gasteiger charge is -2.11. The second kappa shape index (κ2) is 4.63. The Balaban J connectivity index is 3.17. The van der Waals surface area contributed by atoms with Crippen LogP contribution in [0.5, 0.6) is 0 Å². The van der Waals surface area contributed by atoms with Gasteiger partial charge in [0.25, 0.3) is 0 Å². The lowest BCUT2D eigenvalue weighted by molar-refractivity contribution is -0.117. The fourth-order valence-corrected chi connectivity index (χ4v) is 2.56. The van der Waals surface area contributed by atoms with E-state index >= 15 is 0 Å². The van der Waals surface area contributed by atoms with Gasteiger partial charge >= 0.3 is 0 Å². The summed E-state index contributed by atoms with van der Waals surface area (Å²) in [6.07, 6.45) is 0. The number of nitrogens with two attached hydrogens (primary N) is 2. The van der Waals surface area contributed by atoms with Crippen molar-refractivity contribution in [3.05, 3.63) is 23.2 Å². The molecule has 0 radical (unpaired) electrons. The topological polar surface area (TPSA) is 86.2 Å². The highest BCUT2D eigenvalue weighted by Gasteiger charge is 2.22. The van der Waals surface area contributed by atoms with E-state index in [0.29, 0.717) is 5.69 Å². The molecule has 0 aliphatic carbocycles. The van der Waals surface area contributed by atoms with E-state index in [0.717, 1.165) is 0 Å². The zero-order valence-electron chi connectivity index (χ0n) is 8.07. The molecule has 0 aliphatic rings. The van der Waals surface area contributed by atoms with E-state index in [-0.39, 0.29) is 9.92 Å². The molecule has 82 valence electrons. The first-order valence-electron chi connectivity index (χ1n) is 4.19. The van der Waals surface area contributed by atoms with Crippen LogP contribution in [-0.2, 0) is 15.6 Å². The SMILES string of the molecule is CC(C(N)=O)S(=O)c1c(N)cccc1Cl. The number of rotatable bonds is 3. The molecule has 0 aromatic heterocycles. The number of carbonyl (C=O) groups excluding carboxylic acids is 1. The zero-order valence-corrected chi connectivity index (χ0v) is 9.64. The molecule has 0 fully saturated rings. The van der Waals surface area contributed by atoms with Crippen LogP contribution in [0, 0.1) is 0 Å². The normalized spacial score (nSPS) is 14.5. The van der Waals surface area contributed by atoms with Gasteiger partial charge in [-0.3, -0.25) is 9.00 Å². The zero-order chi connectivity index (χ0) is 11.6. The minimum atomic E-state index is -1.61. The summed E-state index contributed by atoms with van der Waals surface area (Å²) in [5.74, 6) is -0.646. The summed E-state index contributed by atoms with van der Waals surface area (Å²) < 4.78 is 11.9. The molecular formula is C9H11ClN2O2S. The monoisotopic (exact) mass is 246 g/mol. The van der Waals surface area contributed by atoms with Crippen LogP contribution in [-0.4, -0.2) is 15.4 Å². The quantitative estimate of drug-likeness (QED) is 0.777. The number of carbonyl (C=O) groups is 1. The lowest BCUT2D eigenvalue weighted by atomic mass is 10.3. The van der Waals surface area contributed by atoms with Gasteiger partial charge < -0.3 is 11.5 Å². The fourth-order valence-electron chi connectivity index (χ4n) is 1.02. The molecule has 0 spiro atoms. The summed E-state index contributed by atoms with van der Waals surface area (Å²) >= 11 is 5.85. The number of halogens is 1. The van der Waals surface area contributed by atoms with Gasteiger partial charge in [-0.25, -0.2) is 0 Å². The number of hydrogen-bond acceptors (Lipinski definition) is 3. The smallest absolute Gasteiger partial charge is 0.233 e. The van der Waals surface area contributed by atoms with E-state index in [1.807, 2.05) is 0 Å². The summed E-state index contributed by atoms with van der Waals surface area (Å²) in [4.78, 5) is 11.2. The summed E-state index contributed by atoms with van der Waals surface area (Å²) in [5, 5.41) is -0.534. The Labute approximate surface area is 95.0 Å². The number of hydrogen-bond donors (Lipinski definition) is 2. The third kappa shape index (κ3) is 2.49. The number of benzene rings is 1. The molecule has 2 atom stereocenters. The summed E-state index contributed by atoms with van der Waals surface area (Å²) in [7, 11) is -1.61. The van der Waals surface area contributed by atoms with Gasteiger partial charge in [-0.2, -0.15) is 0 Å². The van der Waals surface area contributed by atoms with Gasteiger partial charge in [0.05, 0.1) is 20.7 Å². The first kappa shape index (κ1) is 12.0. The second-order valence-corrected chi connectivity index (χ2v) is 5.12. The summed E-state index contributed by atoms with van der Waals surface area (Å²) in [6, 6.07) is 4.79. The molecule has 2 unspecified atom stereocenters. The molecule has 0 bridgehead atoms. The van der Waals surface area contributed by atoms with Crippen LogP contribution in [0.2, 0.25) is 5.02 Å². The third-order valence-corrected chi connectivity index (χ3v) is 4.08. The molecular weight excluding hydrogens is 236 g/mol. The lowest BCUT2D eigenvalue weighted by Crippen LogP contribution is -2.30. The van der Waals surface area contributed by atoms with E-state index in [9.17, 15) is 9.00 Å². The van der Waals surface area contributed by atoms with Gasteiger partial charge in [0, 0.05) is 5.69 Å². The highest BCUT2D eigenvalue weighted by molar-refractivity contribution is 7.86. The highest BCUT2D eigenvalue weighted by atomic mass is 35.5. The average molecular weight is 247 g/mol. The summed E-state index contributed by atoms with van der Waals surface area (Å²) in [5.41, 5.74) is 11.0. The highest BCUT2D eigenvalue weighted by Crippen LogP contribution is 2.27. The standard InChI is InChI=1S/C9H11ClN2O2S/c1-5(9(12)13)15(14)8-6(10)3-2-4-7(8)11/h2-5H,11H2,1H3,(H2,12,13). The Bertz CT molecular complexity index is 402. The number of primary amides is 1. The molecule has 0 heterocycles. The van der Waals surface area contributed by atoms with Crippen molar-refractivity contribution in [2.75, 3.05) is 5.73 Å².